The normalized spacial score (nSPS) is 10.9. The molecule has 3 rings (SSSR count). The molecule has 0 atom stereocenters. The zero-order valence-corrected chi connectivity index (χ0v) is 9.50. The fraction of sp³-hybridized carbons (Fsp3) is 0.167. The molecule has 0 amide bonds. The van der Waals surface area contributed by atoms with Gasteiger partial charge in [0.05, 0.1) is 6.26 Å². The molecule has 1 aromatic carbocycles. The number of nitrogens with zero attached hydrogens (tertiary/aromatic N) is 2. The van der Waals surface area contributed by atoms with Crippen LogP contribution in [0.25, 0.3) is 22.2 Å². The van der Waals surface area contributed by atoms with E-state index >= 15 is 0 Å². The van der Waals surface area contributed by atoms with Gasteiger partial charge in [-0.25, -0.2) is 4.63 Å². The number of hydrogen-bond acceptors (Lipinski definition) is 6. The lowest BCUT2D eigenvalue weighted by molar-refractivity contribution is 0.260. The van der Waals surface area contributed by atoms with E-state index in [9.17, 15) is 0 Å². The number of hydrogen-bond donors (Lipinski definition) is 1. The first-order valence-electron chi connectivity index (χ1n) is 5.51. The number of aromatic nitrogens is 2. The lowest BCUT2D eigenvalue weighted by Gasteiger charge is -2.01. The minimum absolute atomic E-state index is 0.350. The summed E-state index contributed by atoms with van der Waals surface area (Å²) in [6.45, 7) is 0.780. The van der Waals surface area contributed by atoms with Crippen molar-refractivity contribution < 1.29 is 13.8 Å². The molecule has 6 nitrogen and oxygen atoms in total. The number of ether oxygens (including phenoxy) is 1. The largest absolute Gasteiger partial charge is 0.473 e. The molecule has 0 aliphatic heterocycles. The van der Waals surface area contributed by atoms with Crippen molar-refractivity contribution in [3.8, 4) is 17.1 Å². The van der Waals surface area contributed by atoms with Gasteiger partial charge in [0, 0.05) is 17.5 Å². The van der Waals surface area contributed by atoms with E-state index in [1.54, 1.807) is 6.26 Å². The molecule has 0 aliphatic rings. The second-order valence-corrected chi connectivity index (χ2v) is 3.73. The summed E-state index contributed by atoms with van der Waals surface area (Å²) >= 11 is 0. The Kier molecular flexibility index (Phi) is 2.70. The first kappa shape index (κ1) is 10.8. The third kappa shape index (κ3) is 1.82. The molecule has 2 N–H and O–H groups in total. The highest BCUT2D eigenvalue weighted by atomic mass is 16.6. The van der Waals surface area contributed by atoms with E-state index in [0.29, 0.717) is 24.7 Å². The predicted octanol–water partition coefficient (Wildman–Crippen LogP) is 1.82. The average Bonchev–Trinajstić information content (AvgIpc) is 3.03. The van der Waals surface area contributed by atoms with E-state index < -0.39 is 0 Å². The van der Waals surface area contributed by atoms with E-state index in [1.165, 1.54) is 0 Å². The third-order valence-corrected chi connectivity index (χ3v) is 2.54. The summed E-state index contributed by atoms with van der Waals surface area (Å²) in [4.78, 5) is 0. The van der Waals surface area contributed by atoms with Crippen molar-refractivity contribution in [3.05, 3.63) is 30.5 Å². The fourth-order valence-corrected chi connectivity index (χ4v) is 1.72. The number of rotatable bonds is 4. The molecule has 3 aromatic rings. The van der Waals surface area contributed by atoms with E-state index in [2.05, 4.69) is 10.3 Å². The van der Waals surface area contributed by atoms with Crippen LogP contribution >= 0.6 is 0 Å². The molecule has 6 heteroatoms. The second-order valence-electron chi connectivity index (χ2n) is 3.73. The minimum Gasteiger partial charge on any atom is -0.473 e. The average molecular weight is 245 g/mol. The van der Waals surface area contributed by atoms with Crippen molar-refractivity contribution in [3.63, 3.8) is 0 Å². The summed E-state index contributed by atoms with van der Waals surface area (Å²) in [5, 5.41) is 8.54. The highest BCUT2D eigenvalue weighted by molar-refractivity contribution is 5.83. The maximum atomic E-state index is 5.38. The first-order chi connectivity index (χ1) is 8.88. The summed E-state index contributed by atoms with van der Waals surface area (Å²) in [6, 6.07) is 7.56. The van der Waals surface area contributed by atoms with Crippen molar-refractivity contribution in [1.82, 2.24) is 10.3 Å². The molecule has 18 heavy (non-hydrogen) atoms. The van der Waals surface area contributed by atoms with Gasteiger partial charge in [-0.2, -0.15) is 0 Å². The van der Waals surface area contributed by atoms with Gasteiger partial charge in [-0.15, -0.1) is 0 Å². The minimum atomic E-state index is 0.350. The Morgan fingerprint density at radius 1 is 1.22 bits per heavy atom. The number of furan rings is 1. The van der Waals surface area contributed by atoms with Gasteiger partial charge in [0.25, 0.3) is 5.88 Å². The van der Waals surface area contributed by atoms with Gasteiger partial charge >= 0.3 is 0 Å². The summed E-state index contributed by atoms with van der Waals surface area (Å²) in [5.41, 5.74) is 7.62. The Morgan fingerprint density at radius 2 is 2.17 bits per heavy atom. The standard InChI is InChI=1S/C12H11N3O3/c13-4-6-17-12-11(14-18-15-12)9-1-2-10-8(7-9)3-5-16-10/h1-3,5,7H,4,6,13H2. The summed E-state index contributed by atoms with van der Waals surface area (Å²) in [7, 11) is 0. The molecule has 2 aromatic heterocycles. The van der Waals surface area contributed by atoms with Crippen LogP contribution in [0, 0.1) is 0 Å². The van der Waals surface area contributed by atoms with Gasteiger partial charge in [-0.1, -0.05) is 0 Å². The molecule has 0 spiro atoms. The van der Waals surface area contributed by atoms with Gasteiger partial charge in [0.1, 0.15) is 12.2 Å². The van der Waals surface area contributed by atoms with Crippen LogP contribution in [0.1, 0.15) is 0 Å². The van der Waals surface area contributed by atoms with Crippen molar-refractivity contribution in [2.24, 2.45) is 5.73 Å². The number of fused-ring (bicyclic) bond motifs is 1. The van der Waals surface area contributed by atoms with Gasteiger partial charge in [0.15, 0.2) is 5.69 Å². The molecule has 0 fully saturated rings. The van der Waals surface area contributed by atoms with Crippen molar-refractivity contribution in [2.45, 2.75) is 0 Å². The monoisotopic (exact) mass is 245 g/mol. The lowest BCUT2D eigenvalue weighted by atomic mass is 10.1. The van der Waals surface area contributed by atoms with Crippen LogP contribution in [-0.4, -0.2) is 23.5 Å². The molecule has 2 heterocycles. The number of nitrogens with two attached hydrogens (primary N) is 1. The SMILES string of the molecule is NCCOc1nonc1-c1ccc2occc2c1. The summed E-state index contributed by atoms with van der Waals surface area (Å²) in [6.07, 6.45) is 1.64. The second kappa shape index (κ2) is 4.50. The first-order valence-corrected chi connectivity index (χ1v) is 5.51. The van der Waals surface area contributed by atoms with Crippen molar-refractivity contribution in [1.29, 1.82) is 0 Å². The molecular formula is C12H11N3O3. The van der Waals surface area contributed by atoms with Crippen LogP contribution in [0.2, 0.25) is 0 Å². The highest BCUT2D eigenvalue weighted by Crippen LogP contribution is 2.29. The molecule has 0 saturated carbocycles. The summed E-state index contributed by atoms with van der Waals surface area (Å²) in [5.74, 6) is 0.350. The van der Waals surface area contributed by atoms with E-state index in [-0.39, 0.29) is 0 Å². The Hall–Kier alpha value is -2.34. The van der Waals surface area contributed by atoms with E-state index in [4.69, 9.17) is 19.5 Å². The van der Waals surface area contributed by atoms with Crippen LogP contribution in [0.15, 0.2) is 39.6 Å². The molecule has 0 radical (unpaired) electrons. The van der Waals surface area contributed by atoms with E-state index in [1.807, 2.05) is 24.3 Å². The predicted molar refractivity (Wildman–Crippen MR) is 64.1 cm³/mol. The molecule has 0 bridgehead atoms. The molecular weight excluding hydrogens is 234 g/mol. The zero-order valence-electron chi connectivity index (χ0n) is 9.50. The van der Waals surface area contributed by atoms with Crippen LogP contribution in [0.3, 0.4) is 0 Å². The maximum Gasteiger partial charge on any atom is 0.283 e. The Morgan fingerprint density at radius 3 is 3.06 bits per heavy atom. The van der Waals surface area contributed by atoms with Crippen LogP contribution < -0.4 is 10.5 Å². The molecule has 0 saturated heterocycles. The van der Waals surface area contributed by atoms with Gasteiger partial charge in [-0.3, -0.25) is 0 Å². The highest BCUT2D eigenvalue weighted by Gasteiger charge is 2.14. The Balaban J connectivity index is 2.00. The van der Waals surface area contributed by atoms with Crippen LogP contribution in [0.4, 0.5) is 0 Å². The summed E-state index contributed by atoms with van der Waals surface area (Å²) < 4.78 is 15.3. The Bertz CT molecular complexity index is 659. The lowest BCUT2D eigenvalue weighted by Crippen LogP contribution is -2.11. The number of benzene rings is 1. The van der Waals surface area contributed by atoms with Crippen LogP contribution in [0.5, 0.6) is 5.88 Å². The molecule has 0 unspecified atom stereocenters. The smallest absolute Gasteiger partial charge is 0.283 e. The van der Waals surface area contributed by atoms with Crippen LogP contribution in [-0.2, 0) is 0 Å². The van der Waals surface area contributed by atoms with Crippen molar-refractivity contribution in [2.75, 3.05) is 13.2 Å². The zero-order chi connectivity index (χ0) is 12.4. The quantitative estimate of drug-likeness (QED) is 0.754. The molecule has 92 valence electrons. The maximum absolute atomic E-state index is 5.38. The van der Waals surface area contributed by atoms with Crippen molar-refractivity contribution >= 4 is 11.0 Å². The van der Waals surface area contributed by atoms with Gasteiger partial charge in [0.2, 0.25) is 0 Å². The molecule has 0 aliphatic carbocycles. The fourth-order valence-electron chi connectivity index (χ4n) is 1.72. The van der Waals surface area contributed by atoms with Gasteiger partial charge < -0.3 is 14.9 Å². The van der Waals surface area contributed by atoms with Gasteiger partial charge in [-0.05, 0) is 34.6 Å². The third-order valence-electron chi connectivity index (χ3n) is 2.54. The topological polar surface area (TPSA) is 87.3 Å². The van der Waals surface area contributed by atoms with E-state index in [0.717, 1.165) is 16.5 Å². The Labute approximate surface area is 102 Å².